The van der Waals surface area contributed by atoms with Crippen molar-refractivity contribution in [2.75, 3.05) is 7.11 Å². The van der Waals surface area contributed by atoms with Gasteiger partial charge in [-0.05, 0) is 18.8 Å². The Bertz CT molecular complexity index is 155. The van der Waals surface area contributed by atoms with E-state index in [0.29, 0.717) is 5.92 Å². The SMILES string of the molecule is COC(=O)/C=C\C1CCCC1. The van der Waals surface area contributed by atoms with Gasteiger partial charge in [0.25, 0.3) is 0 Å². The van der Waals surface area contributed by atoms with Gasteiger partial charge >= 0.3 is 5.97 Å². The molecule has 0 spiro atoms. The summed E-state index contributed by atoms with van der Waals surface area (Å²) in [5.74, 6) is 0.381. The van der Waals surface area contributed by atoms with Gasteiger partial charge < -0.3 is 4.74 Å². The molecule has 2 nitrogen and oxygen atoms in total. The quantitative estimate of drug-likeness (QED) is 0.448. The minimum absolute atomic E-state index is 0.239. The van der Waals surface area contributed by atoms with Gasteiger partial charge in [0, 0.05) is 6.08 Å². The van der Waals surface area contributed by atoms with E-state index in [-0.39, 0.29) is 5.97 Å². The third-order valence-corrected chi connectivity index (χ3v) is 2.11. The molecule has 2 heteroatoms. The van der Waals surface area contributed by atoms with Crippen molar-refractivity contribution in [2.24, 2.45) is 5.92 Å². The van der Waals surface area contributed by atoms with E-state index >= 15 is 0 Å². The van der Waals surface area contributed by atoms with Crippen LogP contribution in [0.2, 0.25) is 0 Å². The predicted octanol–water partition coefficient (Wildman–Crippen LogP) is 1.91. The maximum atomic E-state index is 10.7. The highest BCUT2D eigenvalue weighted by atomic mass is 16.5. The van der Waals surface area contributed by atoms with Crippen molar-refractivity contribution < 1.29 is 9.53 Å². The van der Waals surface area contributed by atoms with Crippen LogP contribution in [0, 0.1) is 5.92 Å². The maximum absolute atomic E-state index is 10.7. The van der Waals surface area contributed by atoms with E-state index in [0.717, 1.165) is 0 Å². The fraction of sp³-hybridized carbons (Fsp3) is 0.667. The smallest absolute Gasteiger partial charge is 0.330 e. The Morgan fingerprint density at radius 2 is 2.09 bits per heavy atom. The molecule has 0 radical (unpaired) electrons. The number of hydrogen-bond acceptors (Lipinski definition) is 2. The van der Waals surface area contributed by atoms with Gasteiger partial charge in [0.05, 0.1) is 7.11 Å². The summed E-state index contributed by atoms with van der Waals surface area (Å²) < 4.78 is 4.48. The molecule has 0 aromatic rings. The van der Waals surface area contributed by atoms with Crippen molar-refractivity contribution in [1.29, 1.82) is 0 Å². The van der Waals surface area contributed by atoms with Gasteiger partial charge in [0.15, 0.2) is 0 Å². The second-order valence-corrected chi connectivity index (χ2v) is 2.93. The van der Waals surface area contributed by atoms with E-state index in [1.165, 1.54) is 38.9 Å². The van der Waals surface area contributed by atoms with Crippen LogP contribution in [-0.2, 0) is 9.53 Å². The predicted molar refractivity (Wildman–Crippen MR) is 43.1 cm³/mol. The lowest BCUT2D eigenvalue weighted by molar-refractivity contribution is -0.134. The molecule has 0 unspecified atom stereocenters. The molecule has 0 bridgehead atoms. The minimum atomic E-state index is -0.239. The molecule has 0 aromatic carbocycles. The molecule has 62 valence electrons. The van der Waals surface area contributed by atoms with Crippen LogP contribution in [0.4, 0.5) is 0 Å². The number of allylic oxidation sites excluding steroid dienone is 1. The largest absolute Gasteiger partial charge is 0.466 e. The van der Waals surface area contributed by atoms with Crippen LogP contribution in [0.1, 0.15) is 25.7 Å². The topological polar surface area (TPSA) is 26.3 Å². The van der Waals surface area contributed by atoms with Crippen LogP contribution < -0.4 is 0 Å². The number of ether oxygens (including phenoxy) is 1. The first kappa shape index (κ1) is 8.31. The molecule has 0 aliphatic heterocycles. The average Bonchev–Trinajstić information content (AvgIpc) is 2.52. The van der Waals surface area contributed by atoms with Crippen molar-refractivity contribution in [2.45, 2.75) is 25.7 Å². The van der Waals surface area contributed by atoms with Gasteiger partial charge in [-0.1, -0.05) is 18.9 Å². The fourth-order valence-electron chi connectivity index (χ4n) is 1.43. The zero-order valence-corrected chi connectivity index (χ0v) is 6.88. The third kappa shape index (κ3) is 2.74. The van der Waals surface area contributed by atoms with Crippen LogP contribution in [0.25, 0.3) is 0 Å². The van der Waals surface area contributed by atoms with Gasteiger partial charge in [-0.3, -0.25) is 0 Å². The summed E-state index contributed by atoms with van der Waals surface area (Å²) in [5.41, 5.74) is 0. The van der Waals surface area contributed by atoms with Crippen molar-refractivity contribution >= 4 is 5.97 Å². The summed E-state index contributed by atoms with van der Waals surface area (Å²) in [4.78, 5) is 10.7. The summed E-state index contributed by atoms with van der Waals surface area (Å²) in [6, 6.07) is 0. The highest BCUT2D eigenvalue weighted by Crippen LogP contribution is 2.25. The highest BCUT2D eigenvalue weighted by molar-refractivity contribution is 5.81. The van der Waals surface area contributed by atoms with E-state index in [1.807, 2.05) is 6.08 Å². The first-order valence-corrected chi connectivity index (χ1v) is 4.09. The lowest BCUT2D eigenvalue weighted by Gasteiger charge is -1.98. The number of carbonyl (C=O) groups is 1. The van der Waals surface area contributed by atoms with Gasteiger partial charge in [0.2, 0.25) is 0 Å². The maximum Gasteiger partial charge on any atom is 0.330 e. The van der Waals surface area contributed by atoms with Crippen molar-refractivity contribution in [3.8, 4) is 0 Å². The second-order valence-electron chi connectivity index (χ2n) is 2.93. The van der Waals surface area contributed by atoms with Crippen molar-refractivity contribution in [3.63, 3.8) is 0 Å². The van der Waals surface area contributed by atoms with Crippen molar-refractivity contribution in [1.82, 2.24) is 0 Å². The molecule has 0 N–H and O–H groups in total. The molecular formula is C9H14O2. The Labute approximate surface area is 67.2 Å². The summed E-state index contributed by atoms with van der Waals surface area (Å²) in [7, 11) is 1.40. The van der Waals surface area contributed by atoms with E-state index in [9.17, 15) is 4.79 Å². The van der Waals surface area contributed by atoms with E-state index in [2.05, 4.69) is 4.74 Å². The lowest BCUT2D eigenvalue weighted by atomic mass is 10.1. The Balaban J connectivity index is 2.27. The molecule has 1 saturated carbocycles. The normalized spacial score (nSPS) is 19.4. The van der Waals surface area contributed by atoms with E-state index in [4.69, 9.17) is 0 Å². The Morgan fingerprint density at radius 3 is 2.64 bits per heavy atom. The highest BCUT2D eigenvalue weighted by Gasteiger charge is 2.11. The van der Waals surface area contributed by atoms with Crippen LogP contribution in [0.15, 0.2) is 12.2 Å². The van der Waals surface area contributed by atoms with Gasteiger partial charge in [-0.2, -0.15) is 0 Å². The zero-order valence-electron chi connectivity index (χ0n) is 6.88. The van der Waals surface area contributed by atoms with Crippen LogP contribution >= 0.6 is 0 Å². The summed E-state index contributed by atoms with van der Waals surface area (Å²) >= 11 is 0. The van der Waals surface area contributed by atoms with Gasteiger partial charge in [-0.25, -0.2) is 4.79 Å². The van der Waals surface area contributed by atoms with Crippen LogP contribution in [0.5, 0.6) is 0 Å². The molecule has 1 aliphatic rings. The number of methoxy groups -OCH3 is 1. The molecule has 1 fully saturated rings. The van der Waals surface area contributed by atoms with E-state index in [1.54, 1.807) is 0 Å². The molecule has 0 atom stereocenters. The minimum Gasteiger partial charge on any atom is -0.466 e. The summed E-state index contributed by atoms with van der Waals surface area (Å²) in [6.07, 6.45) is 8.57. The second kappa shape index (κ2) is 4.16. The monoisotopic (exact) mass is 154 g/mol. The molecule has 1 aliphatic carbocycles. The fourth-order valence-corrected chi connectivity index (χ4v) is 1.43. The number of hydrogen-bond donors (Lipinski definition) is 0. The first-order valence-electron chi connectivity index (χ1n) is 4.09. The first-order chi connectivity index (χ1) is 5.33. The molecule has 1 rings (SSSR count). The van der Waals surface area contributed by atoms with Crippen LogP contribution in [0.3, 0.4) is 0 Å². The molecule has 0 aromatic heterocycles. The standard InChI is InChI=1S/C9H14O2/c1-11-9(10)7-6-8-4-2-3-5-8/h6-8H,2-5H2,1H3/b7-6-. The zero-order chi connectivity index (χ0) is 8.10. The van der Waals surface area contributed by atoms with Gasteiger partial charge in [0.1, 0.15) is 0 Å². The van der Waals surface area contributed by atoms with Crippen molar-refractivity contribution in [3.05, 3.63) is 12.2 Å². The Hall–Kier alpha value is -0.790. The van der Waals surface area contributed by atoms with E-state index < -0.39 is 0 Å². The van der Waals surface area contributed by atoms with Gasteiger partial charge in [-0.15, -0.1) is 0 Å². The molecule has 0 heterocycles. The lowest BCUT2D eigenvalue weighted by Crippen LogP contribution is -1.95. The molecule has 11 heavy (non-hydrogen) atoms. The number of carbonyl (C=O) groups excluding carboxylic acids is 1. The molecular weight excluding hydrogens is 140 g/mol. The third-order valence-electron chi connectivity index (χ3n) is 2.11. The summed E-state index contributed by atoms with van der Waals surface area (Å²) in [6.45, 7) is 0. The molecule has 0 amide bonds. The Morgan fingerprint density at radius 1 is 1.45 bits per heavy atom. The molecule has 0 saturated heterocycles. The number of rotatable bonds is 2. The van der Waals surface area contributed by atoms with Crippen LogP contribution in [-0.4, -0.2) is 13.1 Å². The average molecular weight is 154 g/mol. The Kier molecular flexibility index (Phi) is 3.14. The number of esters is 1. The summed E-state index contributed by atoms with van der Waals surface area (Å²) in [5, 5.41) is 0.